The van der Waals surface area contributed by atoms with Crippen molar-refractivity contribution in [2.24, 2.45) is 0 Å². The molecule has 0 saturated carbocycles. The molecule has 7 N–H and O–H groups in total. The number of rotatable bonds is 8. The fraction of sp³-hybridized carbons (Fsp3) is 0.684. The molecule has 2 aliphatic rings. The standard InChI is InChI=1S/C19H28NO12/c21-11-7-29-18(16(25)13(11)22)30-8-12-14(23)15(24)17(26)19(32-12)31-10-3-1-9(2-4-10)5-6-20(27)28/h1-4,11-19,21-27H,5-8H2/q-1/t11-,12+,13-,14+,15-,16+,17+,18-,19+/m0/s1. The molecular weight excluding hydrogens is 434 g/mol. The summed E-state index contributed by atoms with van der Waals surface area (Å²) < 4.78 is 21.6. The van der Waals surface area contributed by atoms with Crippen molar-refractivity contribution in [3.63, 3.8) is 0 Å². The Balaban J connectivity index is 1.57. The van der Waals surface area contributed by atoms with Gasteiger partial charge in [0.15, 0.2) is 6.29 Å². The van der Waals surface area contributed by atoms with Crippen LogP contribution in [0, 0.1) is 5.21 Å². The Bertz CT molecular complexity index is 706. The Hall–Kier alpha value is -1.46. The summed E-state index contributed by atoms with van der Waals surface area (Å²) in [5.41, 5.74) is 0.748. The van der Waals surface area contributed by atoms with Crippen molar-refractivity contribution in [2.75, 3.05) is 19.8 Å². The lowest BCUT2D eigenvalue weighted by Gasteiger charge is -2.41. The largest absolute Gasteiger partial charge is 0.762 e. The lowest BCUT2D eigenvalue weighted by molar-refractivity contribution is -0.307. The highest BCUT2D eigenvalue weighted by molar-refractivity contribution is 5.27. The zero-order chi connectivity index (χ0) is 23.4. The van der Waals surface area contributed by atoms with Crippen LogP contribution in [-0.2, 0) is 20.6 Å². The molecule has 1 aromatic carbocycles. The number of ether oxygens (including phenoxy) is 4. The molecule has 0 spiro atoms. The third-order valence-corrected chi connectivity index (χ3v) is 5.31. The maximum Gasteiger partial charge on any atom is 0.229 e. The topological polar surface area (TPSA) is 205 Å². The molecule has 9 atom stereocenters. The molecular formula is C19H28NO12-. The normalized spacial score (nSPS) is 38.1. The van der Waals surface area contributed by atoms with Crippen molar-refractivity contribution in [3.8, 4) is 5.75 Å². The van der Waals surface area contributed by atoms with Gasteiger partial charge in [-0.15, -0.1) is 0 Å². The van der Waals surface area contributed by atoms with Gasteiger partial charge < -0.3 is 60.0 Å². The van der Waals surface area contributed by atoms with Gasteiger partial charge in [0.25, 0.3) is 0 Å². The van der Waals surface area contributed by atoms with Gasteiger partial charge in [-0.25, -0.2) is 0 Å². The lowest BCUT2D eigenvalue weighted by Crippen LogP contribution is -2.61. The molecule has 3 rings (SSSR count). The molecule has 2 heterocycles. The van der Waals surface area contributed by atoms with Gasteiger partial charge in [0, 0.05) is 6.54 Å². The molecule has 1 aromatic rings. The smallest absolute Gasteiger partial charge is 0.229 e. The average Bonchev–Trinajstić information content (AvgIpc) is 2.77. The van der Waals surface area contributed by atoms with Gasteiger partial charge in [0.2, 0.25) is 6.29 Å². The lowest BCUT2D eigenvalue weighted by atomic mass is 9.99. The van der Waals surface area contributed by atoms with E-state index in [1.165, 1.54) is 0 Å². The maximum absolute atomic E-state index is 10.6. The van der Waals surface area contributed by atoms with Crippen molar-refractivity contribution in [2.45, 2.75) is 61.7 Å². The summed E-state index contributed by atoms with van der Waals surface area (Å²) in [5.74, 6) is 0.271. The molecule has 0 amide bonds. The zero-order valence-electron chi connectivity index (χ0n) is 17.0. The molecule has 0 bridgehead atoms. The van der Waals surface area contributed by atoms with E-state index < -0.39 is 55.3 Å². The summed E-state index contributed by atoms with van der Waals surface area (Å²) in [7, 11) is 0. The summed E-state index contributed by atoms with van der Waals surface area (Å²) in [6.45, 7) is -0.766. The fourth-order valence-electron chi connectivity index (χ4n) is 3.36. The minimum absolute atomic E-state index is 0.105. The minimum atomic E-state index is -1.63. The Morgan fingerprint density at radius 3 is 2.22 bits per heavy atom. The number of hydrogen-bond acceptors (Lipinski definition) is 13. The van der Waals surface area contributed by atoms with Gasteiger partial charge in [-0.2, -0.15) is 0 Å². The van der Waals surface area contributed by atoms with Gasteiger partial charge in [-0.05, 0) is 24.1 Å². The van der Waals surface area contributed by atoms with E-state index in [1.54, 1.807) is 24.3 Å². The van der Waals surface area contributed by atoms with Crippen LogP contribution in [0.2, 0.25) is 0 Å². The zero-order valence-corrected chi connectivity index (χ0v) is 17.0. The fourth-order valence-corrected chi connectivity index (χ4v) is 3.36. The summed E-state index contributed by atoms with van der Waals surface area (Å²) in [6.07, 6.45) is -12.6. The SMILES string of the molecule is [O-]N(O)CCc1ccc(O[C@@H]2O[C@H](CO[C@@H]3OC[C@H](O)[C@H](O)[C@H]3O)[C@@H](O)[C@H](O)[C@H]2O)cc1. The Labute approximate surface area is 183 Å². The predicted octanol–water partition coefficient (Wildman–Crippen LogP) is -2.94. The quantitative estimate of drug-likeness (QED) is 0.193. The highest BCUT2D eigenvalue weighted by atomic mass is 16.8. The van der Waals surface area contributed by atoms with Crippen LogP contribution in [0.3, 0.4) is 0 Å². The van der Waals surface area contributed by atoms with Crippen LogP contribution in [0.5, 0.6) is 5.75 Å². The summed E-state index contributed by atoms with van der Waals surface area (Å²) in [5, 5.41) is 78.8. The van der Waals surface area contributed by atoms with Gasteiger partial charge in [-0.3, -0.25) is 5.23 Å². The van der Waals surface area contributed by atoms with Crippen molar-refractivity contribution in [1.29, 1.82) is 0 Å². The molecule has 13 nitrogen and oxygen atoms in total. The second-order valence-corrected chi connectivity index (χ2v) is 7.69. The first kappa shape index (κ1) is 25.2. The predicted molar refractivity (Wildman–Crippen MR) is 103 cm³/mol. The third-order valence-electron chi connectivity index (χ3n) is 5.31. The van der Waals surface area contributed by atoms with Crippen molar-refractivity contribution in [3.05, 3.63) is 35.0 Å². The second kappa shape index (κ2) is 11.1. The Morgan fingerprint density at radius 1 is 0.906 bits per heavy atom. The number of nitrogens with zero attached hydrogens (tertiary/aromatic N) is 1. The van der Waals surface area contributed by atoms with Crippen LogP contribution in [0.25, 0.3) is 0 Å². The van der Waals surface area contributed by atoms with Crippen LogP contribution in [0.15, 0.2) is 24.3 Å². The van der Waals surface area contributed by atoms with Gasteiger partial charge in [0.05, 0.1) is 13.2 Å². The average molecular weight is 462 g/mol. The molecule has 2 saturated heterocycles. The number of aliphatic hydroxyl groups excluding tert-OH is 6. The van der Waals surface area contributed by atoms with E-state index in [9.17, 15) is 35.8 Å². The number of hydroxylamine groups is 2. The highest BCUT2D eigenvalue weighted by Gasteiger charge is 2.46. The van der Waals surface area contributed by atoms with E-state index in [2.05, 4.69) is 0 Å². The molecule has 13 heteroatoms. The van der Waals surface area contributed by atoms with Gasteiger partial charge >= 0.3 is 0 Å². The third kappa shape index (κ3) is 6.11. The monoisotopic (exact) mass is 462 g/mol. The second-order valence-electron chi connectivity index (χ2n) is 7.69. The van der Waals surface area contributed by atoms with Crippen molar-refractivity contribution >= 4 is 0 Å². The van der Waals surface area contributed by atoms with E-state index >= 15 is 0 Å². The Morgan fingerprint density at radius 2 is 1.56 bits per heavy atom. The highest BCUT2D eigenvalue weighted by Crippen LogP contribution is 2.26. The van der Waals surface area contributed by atoms with Gasteiger partial charge in [0.1, 0.15) is 48.5 Å². The Kier molecular flexibility index (Phi) is 8.74. The van der Waals surface area contributed by atoms with Crippen LogP contribution in [0.1, 0.15) is 5.56 Å². The molecule has 2 aliphatic heterocycles. The molecule has 2 fully saturated rings. The summed E-state index contributed by atoms with van der Waals surface area (Å²) >= 11 is 0. The van der Waals surface area contributed by atoms with Crippen LogP contribution >= 0.6 is 0 Å². The first-order chi connectivity index (χ1) is 15.2. The minimum Gasteiger partial charge on any atom is -0.762 e. The van der Waals surface area contributed by atoms with E-state index in [0.29, 0.717) is 6.42 Å². The first-order valence-corrected chi connectivity index (χ1v) is 10.0. The number of hydrogen-bond donors (Lipinski definition) is 7. The van der Waals surface area contributed by atoms with Crippen LogP contribution in [0.4, 0.5) is 0 Å². The van der Waals surface area contributed by atoms with E-state index in [-0.39, 0.29) is 30.7 Å². The first-order valence-electron chi connectivity index (χ1n) is 10.0. The van der Waals surface area contributed by atoms with E-state index in [4.69, 9.17) is 24.2 Å². The van der Waals surface area contributed by atoms with Crippen molar-refractivity contribution < 1.29 is 54.8 Å². The van der Waals surface area contributed by atoms with E-state index in [0.717, 1.165) is 5.56 Å². The van der Waals surface area contributed by atoms with E-state index in [1.807, 2.05) is 0 Å². The molecule has 0 aromatic heterocycles. The van der Waals surface area contributed by atoms with Crippen molar-refractivity contribution in [1.82, 2.24) is 5.23 Å². The molecule has 182 valence electrons. The summed E-state index contributed by atoms with van der Waals surface area (Å²) in [4.78, 5) is 0. The molecule has 0 radical (unpaired) electrons. The number of benzene rings is 1. The molecule has 0 aliphatic carbocycles. The maximum atomic E-state index is 10.6. The molecule has 0 unspecified atom stereocenters. The van der Waals surface area contributed by atoms with Gasteiger partial charge in [-0.1, -0.05) is 12.1 Å². The number of aliphatic hydroxyl groups is 6. The van der Waals surface area contributed by atoms with Crippen LogP contribution in [-0.4, -0.2) is 116 Å². The molecule has 32 heavy (non-hydrogen) atoms. The van der Waals surface area contributed by atoms with Crippen LogP contribution < -0.4 is 4.74 Å². The summed E-state index contributed by atoms with van der Waals surface area (Å²) in [6, 6.07) is 6.36.